The number of hydrogen-bond acceptors (Lipinski definition) is 3. The molecule has 0 saturated carbocycles. The monoisotopic (exact) mass is 406 g/mol. The van der Waals surface area contributed by atoms with Crippen molar-refractivity contribution in [2.24, 2.45) is 0 Å². The third-order valence-corrected chi connectivity index (χ3v) is 5.05. The maximum atomic E-state index is 5.72. The minimum atomic E-state index is 0.795. The normalized spacial score (nSPS) is 11.1. The number of ether oxygens (including phenoxy) is 2. The second kappa shape index (κ2) is 13.0. The minimum Gasteiger partial charge on any atom is -0.381 e. The molecule has 1 aromatic heterocycles. The number of aryl methyl sites for hydroxylation is 1. The Morgan fingerprint density at radius 3 is 2.03 bits per heavy atom. The summed E-state index contributed by atoms with van der Waals surface area (Å²) in [6, 6.07) is 21.0. The van der Waals surface area contributed by atoms with Crippen LogP contribution in [0, 0.1) is 0 Å². The predicted octanol–water partition coefficient (Wildman–Crippen LogP) is 6.22. The summed E-state index contributed by atoms with van der Waals surface area (Å²) in [5.74, 6) is 0. The van der Waals surface area contributed by atoms with Crippen LogP contribution in [-0.4, -0.2) is 36.0 Å². The van der Waals surface area contributed by atoms with Crippen molar-refractivity contribution in [3.63, 3.8) is 0 Å². The van der Waals surface area contributed by atoms with Crippen LogP contribution >= 0.6 is 0 Å². The lowest BCUT2D eigenvalue weighted by atomic mass is 10.0. The molecule has 160 valence electrons. The van der Waals surface area contributed by atoms with E-state index >= 15 is 0 Å². The molecule has 30 heavy (non-hydrogen) atoms. The molecule has 0 atom stereocenters. The van der Waals surface area contributed by atoms with Crippen molar-refractivity contribution >= 4 is 0 Å². The third-order valence-electron chi connectivity index (χ3n) is 5.05. The Balaban J connectivity index is 1.49. The highest BCUT2D eigenvalue weighted by atomic mass is 16.5. The van der Waals surface area contributed by atoms with Gasteiger partial charge in [-0.1, -0.05) is 67.6 Å². The van der Waals surface area contributed by atoms with Gasteiger partial charge in [0.15, 0.2) is 0 Å². The smallest absolute Gasteiger partial charge is 0.0963 e. The first-order valence-electron chi connectivity index (χ1n) is 11.2. The summed E-state index contributed by atoms with van der Waals surface area (Å²) in [4.78, 5) is 4.76. The molecule has 0 aliphatic heterocycles. The van der Waals surface area contributed by atoms with Gasteiger partial charge < -0.3 is 14.0 Å². The Morgan fingerprint density at radius 1 is 0.700 bits per heavy atom. The fourth-order valence-electron chi connectivity index (χ4n) is 3.53. The highest BCUT2D eigenvalue weighted by Gasteiger charge is 2.14. The molecule has 0 fully saturated rings. The summed E-state index contributed by atoms with van der Waals surface area (Å²) in [7, 11) is 0. The number of nitrogens with zero attached hydrogens (tertiary/aromatic N) is 2. The highest BCUT2D eigenvalue weighted by Crippen LogP contribution is 2.31. The molecule has 0 saturated heterocycles. The van der Waals surface area contributed by atoms with Gasteiger partial charge in [-0.15, -0.1) is 0 Å². The van der Waals surface area contributed by atoms with Gasteiger partial charge in [0.2, 0.25) is 0 Å². The standard InChI is InChI=1S/C26H34N2O2/c1-2-18-29-20-12-21-30-19-11-5-10-17-28-22-27-25(23-13-6-3-7-14-23)26(28)24-15-8-4-9-16-24/h3-4,6-9,13-16,22H,2,5,10-12,17-21H2,1H3. The van der Waals surface area contributed by atoms with Gasteiger partial charge in [-0.25, -0.2) is 4.98 Å². The van der Waals surface area contributed by atoms with Gasteiger partial charge in [-0.2, -0.15) is 0 Å². The molecule has 0 unspecified atom stereocenters. The van der Waals surface area contributed by atoms with Gasteiger partial charge in [-0.3, -0.25) is 0 Å². The van der Waals surface area contributed by atoms with E-state index in [1.54, 1.807) is 0 Å². The van der Waals surface area contributed by atoms with E-state index in [0.717, 1.165) is 76.3 Å². The van der Waals surface area contributed by atoms with Gasteiger partial charge >= 0.3 is 0 Å². The lowest BCUT2D eigenvalue weighted by molar-refractivity contribution is 0.0813. The predicted molar refractivity (Wildman–Crippen MR) is 123 cm³/mol. The lowest BCUT2D eigenvalue weighted by Gasteiger charge is -2.11. The van der Waals surface area contributed by atoms with Crippen molar-refractivity contribution in [3.05, 3.63) is 67.0 Å². The second-order valence-electron chi connectivity index (χ2n) is 7.51. The van der Waals surface area contributed by atoms with Crippen molar-refractivity contribution in [2.75, 3.05) is 26.4 Å². The summed E-state index contributed by atoms with van der Waals surface area (Å²) < 4.78 is 13.5. The zero-order valence-electron chi connectivity index (χ0n) is 18.1. The molecular weight excluding hydrogens is 372 g/mol. The lowest BCUT2D eigenvalue weighted by Crippen LogP contribution is -2.03. The Hall–Kier alpha value is -2.43. The van der Waals surface area contributed by atoms with Crippen LogP contribution in [0.15, 0.2) is 67.0 Å². The average molecular weight is 407 g/mol. The molecule has 0 spiro atoms. The fraction of sp³-hybridized carbons (Fsp3) is 0.423. The van der Waals surface area contributed by atoms with Crippen molar-refractivity contribution in [1.29, 1.82) is 0 Å². The molecule has 0 bridgehead atoms. The molecule has 3 rings (SSSR count). The molecule has 2 aromatic carbocycles. The molecule has 0 radical (unpaired) electrons. The molecule has 0 aliphatic rings. The van der Waals surface area contributed by atoms with Crippen molar-refractivity contribution in [1.82, 2.24) is 9.55 Å². The first kappa shape index (κ1) is 22.3. The van der Waals surface area contributed by atoms with Crippen LogP contribution in [0.2, 0.25) is 0 Å². The van der Waals surface area contributed by atoms with Crippen LogP contribution in [0.4, 0.5) is 0 Å². The third kappa shape index (κ3) is 6.82. The van der Waals surface area contributed by atoms with E-state index in [1.165, 1.54) is 11.3 Å². The molecule has 3 aromatic rings. The SMILES string of the molecule is CCCOCCCOCCCCCn1cnc(-c2ccccc2)c1-c1ccccc1. The number of rotatable bonds is 14. The van der Waals surface area contributed by atoms with E-state index in [1.807, 2.05) is 12.4 Å². The minimum absolute atomic E-state index is 0.795. The summed E-state index contributed by atoms with van der Waals surface area (Å²) in [6.07, 6.45) is 7.41. The van der Waals surface area contributed by atoms with Gasteiger partial charge in [0.05, 0.1) is 17.7 Å². The van der Waals surface area contributed by atoms with Gasteiger partial charge in [0.1, 0.15) is 0 Å². The van der Waals surface area contributed by atoms with Crippen molar-refractivity contribution in [3.8, 4) is 22.5 Å². The molecule has 0 aliphatic carbocycles. The van der Waals surface area contributed by atoms with Crippen LogP contribution in [0.1, 0.15) is 39.0 Å². The van der Waals surface area contributed by atoms with E-state index in [4.69, 9.17) is 14.5 Å². The number of aromatic nitrogens is 2. The van der Waals surface area contributed by atoms with Crippen LogP contribution in [0.3, 0.4) is 0 Å². The highest BCUT2D eigenvalue weighted by molar-refractivity contribution is 5.78. The van der Waals surface area contributed by atoms with E-state index in [0.29, 0.717) is 0 Å². The number of hydrogen-bond donors (Lipinski definition) is 0. The Bertz CT molecular complexity index is 831. The second-order valence-corrected chi connectivity index (χ2v) is 7.51. The molecule has 4 nitrogen and oxygen atoms in total. The summed E-state index contributed by atoms with van der Waals surface area (Å²) in [6.45, 7) is 6.38. The first-order chi connectivity index (χ1) is 14.9. The molecule has 4 heteroatoms. The largest absolute Gasteiger partial charge is 0.381 e. The zero-order chi connectivity index (χ0) is 20.9. The summed E-state index contributed by atoms with van der Waals surface area (Å²) >= 11 is 0. The maximum absolute atomic E-state index is 5.72. The molecule has 0 N–H and O–H groups in total. The van der Waals surface area contributed by atoms with Crippen molar-refractivity contribution < 1.29 is 9.47 Å². The molecular formula is C26H34N2O2. The quantitative estimate of drug-likeness (QED) is 0.298. The van der Waals surface area contributed by atoms with E-state index in [2.05, 4.69) is 66.1 Å². The van der Waals surface area contributed by atoms with Crippen LogP contribution < -0.4 is 0 Å². The summed E-state index contributed by atoms with van der Waals surface area (Å²) in [5, 5.41) is 0. The topological polar surface area (TPSA) is 36.3 Å². The number of unbranched alkanes of at least 4 members (excludes halogenated alkanes) is 2. The Morgan fingerprint density at radius 2 is 1.33 bits per heavy atom. The van der Waals surface area contributed by atoms with Crippen LogP contribution in [0.5, 0.6) is 0 Å². The van der Waals surface area contributed by atoms with E-state index in [9.17, 15) is 0 Å². The molecule has 1 heterocycles. The maximum Gasteiger partial charge on any atom is 0.0963 e. The number of benzene rings is 2. The van der Waals surface area contributed by atoms with Crippen molar-refractivity contribution in [2.45, 2.75) is 45.6 Å². The van der Waals surface area contributed by atoms with Crippen LogP contribution in [-0.2, 0) is 16.0 Å². The zero-order valence-corrected chi connectivity index (χ0v) is 18.1. The van der Waals surface area contributed by atoms with E-state index in [-0.39, 0.29) is 0 Å². The average Bonchev–Trinajstić information content (AvgIpc) is 3.22. The molecule has 0 amide bonds. The fourth-order valence-corrected chi connectivity index (χ4v) is 3.53. The van der Waals surface area contributed by atoms with Gasteiger partial charge in [-0.05, 0) is 32.1 Å². The van der Waals surface area contributed by atoms with E-state index < -0.39 is 0 Å². The van der Waals surface area contributed by atoms with Gasteiger partial charge in [0.25, 0.3) is 0 Å². The first-order valence-corrected chi connectivity index (χ1v) is 11.2. The Kier molecular flexibility index (Phi) is 9.64. The van der Waals surface area contributed by atoms with Gasteiger partial charge in [0, 0.05) is 44.1 Å². The number of imidazole rings is 1. The summed E-state index contributed by atoms with van der Waals surface area (Å²) in [5.41, 5.74) is 4.62. The Labute approximate surface area is 180 Å². The van der Waals surface area contributed by atoms with Crippen LogP contribution in [0.25, 0.3) is 22.5 Å².